The van der Waals surface area contributed by atoms with E-state index in [0.29, 0.717) is 0 Å². The zero-order chi connectivity index (χ0) is 67.0. The quantitative estimate of drug-likeness (QED) is 0.126. The molecule has 2 nitrogen and oxygen atoms in total. The number of rotatable bonds is 10. The lowest BCUT2D eigenvalue weighted by Gasteiger charge is -2.30. The first-order valence-electron chi connectivity index (χ1n) is 34.9. The molecule has 0 atom stereocenters. The first kappa shape index (κ1) is 60.4. The molecule has 0 unspecified atom stereocenters. The highest BCUT2D eigenvalue weighted by Gasteiger charge is 2.42. The lowest BCUT2D eigenvalue weighted by Crippen LogP contribution is -2.18. The van der Waals surface area contributed by atoms with E-state index in [1.54, 1.807) is 0 Å². The molecule has 5 aliphatic rings. The molecule has 0 amide bonds. The molecule has 0 fully saturated rings. The second-order valence-electron chi connectivity index (χ2n) is 31.4. The maximum atomic E-state index is 2.49. The van der Waals surface area contributed by atoms with Crippen LogP contribution in [0.15, 0.2) is 231 Å². The summed E-state index contributed by atoms with van der Waals surface area (Å²) in [6, 6.07) is 88.8. The molecule has 12 aromatic carbocycles. The molecule has 17 rings (SSSR count). The highest BCUT2D eigenvalue weighted by atomic mass is 15.1. The van der Waals surface area contributed by atoms with Gasteiger partial charge in [-0.3, -0.25) is 0 Å². The van der Waals surface area contributed by atoms with Crippen molar-refractivity contribution >= 4 is 58.4 Å². The van der Waals surface area contributed by atoms with Gasteiger partial charge in [0.1, 0.15) is 0 Å². The zero-order valence-electron chi connectivity index (χ0n) is 58.6. The average Bonchev–Trinajstić information content (AvgIpc) is 1.65. The van der Waals surface area contributed by atoms with Gasteiger partial charge in [0.2, 0.25) is 0 Å². The van der Waals surface area contributed by atoms with E-state index in [4.69, 9.17) is 0 Å². The largest absolute Gasteiger partial charge is 0.310 e. The molecule has 474 valence electrons. The van der Waals surface area contributed by atoms with E-state index in [2.05, 4.69) is 362 Å². The van der Waals surface area contributed by atoms with Gasteiger partial charge in [-0.15, -0.1) is 0 Å². The van der Waals surface area contributed by atoms with E-state index in [-0.39, 0.29) is 27.1 Å². The number of anilines is 6. The Morgan fingerprint density at radius 2 is 0.402 bits per heavy atom. The molecule has 2 heteroatoms. The Balaban J connectivity index is 0.616. The molecular weight excluding hydrogens is 1170 g/mol. The number of hydrogen-bond donors (Lipinski definition) is 0. The van der Waals surface area contributed by atoms with Crippen LogP contribution in [0.25, 0.3) is 79.9 Å². The maximum absolute atomic E-state index is 2.49. The van der Waals surface area contributed by atoms with Gasteiger partial charge in [-0.1, -0.05) is 251 Å². The normalized spacial score (nSPS) is 15.9. The molecule has 0 spiro atoms. The molecule has 0 radical (unpaired) electrons. The molecule has 0 saturated carbocycles. The number of benzene rings is 12. The van der Waals surface area contributed by atoms with Crippen LogP contribution in [0.3, 0.4) is 0 Å². The standard InChI is InChI=1S/C95H84N2/c1-57-43-58(2)46-69(45-57)96(65-31-39-77-71-19-15-17-21-81(71)91(5,6)87(77)53-65)67-33-41-79-75-37-29-63(51-85(75)94(11,12)89(79)55-67)25-23-61-27-35-73-74-36-28-62(50-84(74)93(9,10)83(73)49-61)24-26-64-30-38-76-80-42-34-68(56-90(80)95(13,14)86(76)52-64)97(70-47-59(3)44-60(4)48-70)66-32-40-78-72-20-16-18-22-82(72)92(7,8)88(78)54-66/h15-56H,1-14H3/b25-23+,26-24+. The summed E-state index contributed by atoms with van der Waals surface area (Å²) in [4.78, 5) is 4.97. The topological polar surface area (TPSA) is 6.48 Å². The third-order valence-corrected chi connectivity index (χ3v) is 23.1. The highest BCUT2D eigenvalue weighted by molar-refractivity contribution is 5.93. The Kier molecular flexibility index (Phi) is 13.3. The van der Waals surface area contributed by atoms with Crippen LogP contribution in [-0.2, 0) is 27.1 Å². The third kappa shape index (κ3) is 9.33. The van der Waals surface area contributed by atoms with E-state index in [1.165, 1.54) is 190 Å². The second-order valence-corrected chi connectivity index (χ2v) is 31.4. The van der Waals surface area contributed by atoms with Gasteiger partial charge in [-0.25, -0.2) is 0 Å². The summed E-state index contributed by atoms with van der Waals surface area (Å²) in [5.41, 5.74) is 43.2. The summed E-state index contributed by atoms with van der Waals surface area (Å²) in [5.74, 6) is 0. The molecule has 0 aromatic heterocycles. The Bertz CT molecular complexity index is 5060. The smallest absolute Gasteiger partial charge is 0.0466 e. The van der Waals surface area contributed by atoms with Crippen molar-refractivity contribution in [2.75, 3.05) is 9.80 Å². The summed E-state index contributed by atoms with van der Waals surface area (Å²) in [5, 5.41) is 0. The minimum Gasteiger partial charge on any atom is -0.310 e. The molecule has 5 aliphatic carbocycles. The first-order chi connectivity index (χ1) is 46.4. The molecule has 97 heavy (non-hydrogen) atoms. The molecule has 0 saturated heterocycles. The fraction of sp³-hybridized carbons (Fsp3) is 0.200. The van der Waals surface area contributed by atoms with Gasteiger partial charge in [0.15, 0.2) is 0 Å². The van der Waals surface area contributed by atoms with E-state index in [9.17, 15) is 0 Å². The van der Waals surface area contributed by atoms with Gasteiger partial charge in [-0.05, 0) is 256 Å². The molecule has 0 N–H and O–H groups in total. The molecule has 0 bridgehead atoms. The predicted molar refractivity (Wildman–Crippen MR) is 413 cm³/mol. The van der Waals surface area contributed by atoms with Crippen LogP contribution >= 0.6 is 0 Å². The van der Waals surface area contributed by atoms with Gasteiger partial charge in [0.05, 0.1) is 0 Å². The zero-order valence-corrected chi connectivity index (χ0v) is 58.6. The fourth-order valence-corrected chi connectivity index (χ4v) is 18.1. The number of fused-ring (bicyclic) bond motifs is 15. The number of hydrogen-bond acceptors (Lipinski definition) is 2. The van der Waals surface area contributed by atoms with E-state index >= 15 is 0 Å². The van der Waals surface area contributed by atoms with Crippen LogP contribution in [-0.4, -0.2) is 0 Å². The summed E-state index contributed by atoms with van der Waals surface area (Å²) >= 11 is 0. The summed E-state index contributed by atoms with van der Waals surface area (Å²) in [6.07, 6.45) is 9.25. The Morgan fingerprint density at radius 1 is 0.196 bits per heavy atom. The number of nitrogens with zero attached hydrogens (tertiary/aromatic N) is 2. The lowest BCUT2D eigenvalue weighted by atomic mass is 9.81. The molecule has 0 aliphatic heterocycles. The van der Waals surface area contributed by atoms with Crippen LogP contribution in [0.1, 0.15) is 169 Å². The predicted octanol–water partition coefficient (Wildman–Crippen LogP) is 25.7. The van der Waals surface area contributed by atoms with E-state index < -0.39 is 0 Å². The summed E-state index contributed by atoms with van der Waals surface area (Å²) < 4.78 is 0. The van der Waals surface area contributed by atoms with Crippen molar-refractivity contribution in [1.82, 2.24) is 0 Å². The van der Waals surface area contributed by atoms with Crippen LogP contribution < -0.4 is 9.80 Å². The Labute approximate surface area is 575 Å². The van der Waals surface area contributed by atoms with Crippen LogP contribution in [0.4, 0.5) is 34.1 Å². The molecular formula is C95H84N2. The van der Waals surface area contributed by atoms with E-state index in [0.717, 1.165) is 0 Å². The van der Waals surface area contributed by atoms with Crippen molar-refractivity contribution in [2.45, 2.75) is 124 Å². The second kappa shape index (κ2) is 21.4. The fourth-order valence-electron chi connectivity index (χ4n) is 18.1. The van der Waals surface area contributed by atoms with Crippen molar-refractivity contribution in [2.24, 2.45) is 0 Å². The number of aryl methyl sites for hydroxylation is 4. The summed E-state index contributed by atoms with van der Waals surface area (Å²) in [7, 11) is 0. The van der Waals surface area contributed by atoms with Crippen LogP contribution in [0.5, 0.6) is 0 Å². The SMILES string of the molecule is Cc1cc(C)cc(N(c2ccc3c(c2)C(C)(C)c2ccccc2-3)c2ccc3c(c2)C(C)(C)c2cc(/C=C/c4ccc5c(c4)C(C)(C)c4cc(/C=C/c6ccc7c(c6)C(C)(C)c6cc(N(c8cc(C)cc(C)c8)c8ccc9c(c8)C(C)(C)c8ccccc8-9)ccc6-7)ccc4-5)ccc2-3)c1. The first-order valence-corrected chi connectivity index (χ1v) is 34.9. The summed E-state index contributed by atoms with van der Waals surface area (Å²) in [6.45, 7) is 32.8. The highest BCUT2D eigenvalue weighted by Crippen LogP contribution is 2.57. The maximum Gasteiger partial charge on any atom is 0.0466 e. The van der Waals surface area contributed by atoms with Crippen molar-refractivity contribution in [3.63, 3.8) is 0 Å². The van der Waals surface area contributed by atoms with Crippen LogP contribution in [0, 0.1) is 27.7 Å². The molecule has 0 heterocycles. The average molecular weight is 1250 g/mol. The van der Waals surface area contributed by atoms with Crippen molar-refractivity contribution in [3.8, 4) is 55.6 Å². The minimum atomic E-state index is -0.212. The minimum absolute atomic E-state index is 0.102. The van der Waals surface area contributed by atoms with Gasteiger partial charge in [0.25, 0.3) is 0 Å². The third-order valence-electron chi connectivity index (χ3n) is 23.1. The Hall–Kier alpha value is -10.3. The van der Waals surface area contributed by atoms with Crippen molar-refractivity contribution in [3.05, 3.63) is 331 Å². The van der Waals surface area contributed by atoms with Gasteiger partial charge >= 0.3 is 0 Å². The van der Waals surface area contributed by atoms with Gasteiger partial charge < -0.3 is 9.80 Å². The monoisotopic (exact) mass is 1250 g/mol. The van der Waals surface area contributed by atoms with Crippen molar-refractivity contribution < 1.29 is 0 Å². The Morgan fingerprint density at radius 3 is 0.660 bits per heavy atom. The van der Waals surface area contributed by atoms with Gasteiger partial charge in [-0.2, -0.15) is 0 Å². The van der Waals surface area contributed by atoms with Crippen LogP contribution in [0.2, 0.25) is 0 Å². The van der Waals surface area contributed by atoms with E-state index in [1.807, 2.05) is 0 Å². The van der Waals surface area contributed by atoms with Crippen molar-refractivity contribution in [1.29, 1.82) is 0 Å². The lowest BCUT2D eigenvalue weighted by molar-refractivity contribution is 0.659. The van der Waals surface area contributed by atoms with Gasteiger partial charge in [0, 0.05) is 61.2 Å². The molecule has 12 aromatic rings.